The van der Waals surface area contributed by atoms with Gasteiger partial charge in [-0.3, -0.25) is 14.0 Å². The van der Waals surface area contributed by atoms with E-state index in [1.165, 1.54) is 5.01 Å². The number of hydrogen-bond donors (Lipinski definition) is 1. The number of fused-ring (bicyclic) bond motifs is 1. The highest BCUT2D eigenvalue weighted by atomic mass is 32.2. The van der Waals surface area contributed by atoms with E-state index in [4.69, 9.17) is 0 Å². The number of benzene rings is 1. The third-order valence-corrected chi connectivity index (χ3v) is 7.93. The Labute approximate surface area is 182 Å². The van der Waals surface area contributed by atoms with Crippen LogP contribution in [0.5, 0.6) is 0 Å². The Morgan fingerprint density at radius 2 is 2.00 bits per heavy atom. The number of aromatic nitrogens is 2. The number of imidazole rings is 1. The first-order valence-corrected chi connectivity index (χ1v) is 12.5. The van der Waals surface area contributed by atoms with Crippen molar-refractivity contribution in [3.8, 4) is 11.3 Å². The van der Waals surface area contributed by atoms with Crippen molar-refractivity contribution in [1.29, 1.82) is 0 Å². The van der Waals surface area contributed by atoms with E-state index in [1.807, 2.05) is 34.3 Å². The van der Waals surface area contributed by atoms with E-state index in [2.05, 4.69) is 15.4 Å². The van der Waals surface area contributed by atoms with E-state index in [0.717, 1.165) is 16.2 Å². The van der Waals surface area contributed by atoms with Gasteiger partial charge in [-0.05, 0) is 18.6 Å². The average Bonchev–Trinajstić information content (AvgIpc) is 3.43. The Hall–Kier alpha value is -3.05. The van der Waals surface area contributed by atoms with Crippen LogP contribution >= 0.6 is 11.3 Å². The lowest BCUT2D eigenvalue weighted by molar-refractivity contribution is -0.133. The minimum absolute atomic E-state index is 0.0412. The monoisotopic (exact) mass is 457 g/mol. The molecule has 0 saturated carbocycles. The number of carbonyl (C=O) groups excluding carboxylic acids is 2. The van der Waals surface area contributed by atoms with Gasteiger partial charge in [-0.25, -0.2) is 18.4 Å². The van der Waals surface area contributed by atoms with Gasteiger partial charge in [0.1, 0.15) is 5.71 Å². The van der Waals surface area contributed by atoms with E-state index in [9.17, 15) is 18.0 Å². The first kappa shape index (κ1) is 19.9. The number of hydrogen-bond acceptors (Lipinski definition) is 7. The second kappa shape index (κ2) is 7.57. The third-order valence-electron chi connectivity index (χ3n) is 5.41. The quantitative estimate of drug-likeness (QED) is 0.645. The first-order chi connectivity index (χ1) is 14.9. The zero-order valence-electron chi connectivity index (χ0n) is 16.4. The maximum atomic E-state index is 12.7. The van der Waals surface area contributed by atoms with Crippen LogP contribution < -0.4 is 5.32 Å². The van der Waals surface area contributed by atoms with Crippen LogP contribution in [-0.4, -0.2) is 57.9 Å². The summed E-state index contributed by atoms with van der Waals surface area (Å²) in [6, 6.07) is 6.84. The Morgan fingerprint density at radius 1 is 1.19 bits per heavy atom. The van der Waals surface area contributed by atoms with E-state index in [-0.39, 0.29) is 36.0 Å². The molecule has 1 unspecified atom stereocenters. The van der Waals surface area contributed by atoms with Crippen molar-refractivity contribution in [1.82, 2.24) is 14.4 Å². The van der Waals surface area contributed by atoms with Crippen molar-refractivity contribution in [2.75, 3.05) is 16.8 Å². The van der Waals surface area contributed by atoms with Crippen LogP contribution in [0.3, 0.4) is 0 Å². The molecule has 160 valence electrons. The zero-order chi connectivity index (χ0) is 21.6. The number of thiazole rings is 1. The molecular weight excluding hydrogens is 438 g/mol. The molecule has 2 aromatic heterocycles. The van der Waals surface area contributed by atoms with E-state index in [0.29, 0.717) is 12.1 Å². The molecule has 1 aromatic carbocycles. The van der Waals surface area contributed by atoms with Crippen molar-refractivity contribution >= 4 is 49.3 Å². The van der Waals surface area contributed by atoms with E-state index in [1.54, 1.807) is 23.5 Å². The first-order valence-electron chi connectivity index (χ1n) is 9.82. The number of amides is 2. The summed E-state index contributed by atoms with van der Waals surface area (Å²) >= 11 is 1.56. The maximum absolute atomic E-state index is 12.7. The van der Waals surface area contributed by atoms with Gasteiger partial charge in [0, 0.05) is 41.9 Å². The summed E-state index contributed by atoms with van der Waals surface area (Å²) in [5.74, 6) is -0.708. The zero-order valence-corrected chi connectivity index (χ0v) is 18.0. The van der Waals surface area contributed by atoms with Crippen LogP contribution in [0.15, 0.2) is 47.1 Å². The molecule has 2 amide bonds. The molecule has 2 aliphatic heterocycles. The number of rotatable bonds is 4. The number of sulfone groups is 1. The van der Waals surface area contributed by atoms with Crippen LogP contribution in [0.1, 0.15) is 19.3 Å². The summed E-state index contributed by atoms with van der Waals surface area (Å²) < 4.78 is 25.4. The molecule has 9 nitrogen and oxygen atoms in total. The predicted octanol–water partition coefficient (Wildman–Crippen LogP) is 2.17. The number of carbonyl (C=O) groups is 2. The smallest absolute Gasteiger partial charge is 0.271 e. The fraction of sp³-hybridized carbons (Fsp3) is 0.300. The summed E-state index contributed by atoms with van der Waals surface area (Å²) in [7, 11) is -3.16. The Bertz CT molecular complexity index is 1280. The Kier molecular flexibility index (Phi) is 4.86. The van der Waals surface area contributed by atoms with E-state index >= 15 is 0 Å². The van der Waals surface area contributed by atoms with Crippen molar-refractivity contribution in [3.05, 3.63) is 42.0 Å². The molecule has 1 atom stereocenters. The van der Waals surface area contributed by atoms with Gasteiger partial charge in [-0.15, -0.1) is 11.3 Å². The summed E-state index contributed by atoms with van der Waals surface area (Å²) in [6.45, 7) is 0. The third kappa shape index (κ3) is 3.98. The second-order valence-electron chi connectivity index (χ2n) is 7.59. The van der Waals surface area contributed by atoms with Gasteiger partial charge in [-0.2, -0.15) is 5.10 Å². The van der Waals surface area contributed by atoms with Crippen molar-refractivity contribution in [2.24, 2.45) is 5.10 Å². The molecule has 5 rings (SSSR count). The van der Waals surface area contributed by atoms with Crippen LogP contribution in [0.25, 0.3) is 16.2 Å². The molecule has 4 heterocycles. The average molecular weight is 458 g/mol. The van der Waals surface area contributed by atoms with Gasteiger partial charge in [0.25, 0.3) is 5.91 Å². The molecule has 0 radical (unpaired) electrons. The maximum Gasteiger partial charge on any atom is 0.271 e. The fourth-order valence-corrected chi connectivity index (χ4v) is 6.17. The van der Waals surface area contributed by atoms with Crippen LogP contribution in [0.2, 0.25) is 0 Å². The molecule has 0 aliphatic carbocycles. The van der Waals surface area contributed by atoms with Gasteiger partial charge in [0.05, 0.1) is 23.2 Å². The molecule has 3 aromatic rings. The molecule has 2 aliphatic rings. The normalized spacial score (nSPS) is 20.8. The number of anilines is 1. The van der Waals surface area contributed by atoms with Crippen molar-refractivity contribution in [2.45, 2.75) is 25.3 Å². The molecule has 1 N–H and O–H groups in total. The minimum atomic E-state index is -3.16. The molecule has 11 heteroatoms. The van der Waals surface area contributed by atoms with Crippen LogP contribution in [0.4, 0.5) is 5.69 Å². The summed E-state index contributed by atoms with van der Waals surface area (Å²) in [5.41, 5.74) is 2.61. The number of nitrogens with one attached hydrogen (secondary N) is 1. The lowest BCUT2D eigenvalue weighted by atomic mass is 10.1. The largest absolute Gasteiger partial charge is 0.321 e. The van der Waals surface area contributed by atoms with Gasteiger partial charge >= 0.3 is 0 Å². The van der Waals surface area contributed by atoms with E-state index < -0.39 is 21.8 Å². The highest BCUT2D eigenvalue weighted by Crippen LogP contribution is 2.24. The second-order valence-corrected chi connectivity index (χ2v) is 10.7. The van der Waals surface area contributed by atoms with Gasteiger partial charge in [0.15, 0.2) is 14.8 Å². The molecule has 1 fully saturated rings. The SMILES string of the molecule is O=C(Nc1ccc(-c2cn3ccsc3n2)cc1)C1=NN(C2CCS(=O)(=O)C2)C(=O)CC1. The molecular formula is C20H19N5O4S2. The predicted molar refractivity (Wildman–Crippen MR) is 118 cm³/mol. The Morgan fingerprint density at radius 3 is 2.71 bits per heavy atom. The summed E-state index contributed by atoms with van der Waals surface area (Å²) in [4.78, 5) is 30.4. The fourth-order valence-electron chi connectivity index (χ4n) is 3.78. The molecule has 0 spiro atoms. The lowest BCUT2D eigenvalue weighted by Gasteiger charge is -2.27. The molecule has 31 heavy (non-hydrogen) atoms. The molecule has 0 bridgehead atoms. The van der Waals surface area contributed by atoms with Crippen molar-refractivity contribution in [3.63, 3.8) is 0 Å². The number of hydrazone groups is 1. The highest BCUT2D eigenvalue weighted by Gasteiger charge is 2.37. The minimum Gasteiger partial charge on any atom is -0.321 e. The highest BCUT2D eigenvalue weighted by molar-refractivity contribution is 7.91. The number of nitrogens with zero attached hydrogens (tertiary/aromatic N) is 4. The molecule has 1 saturated heterocycles. The van der Waals surface area contributed by atoms with Gasteiger partial charge < -0.3 is 5.32 Å². The van der Waals surface area contributed by atoms with Crippen LogP contribution in [0, 0.1) is 0 Å². The van der Waals surface area contributed by atoms with Gasteiger partial charge in [0.2, 0.25) is 5.91 Å². The summed E-state index contributed by atoms with van der Waals surface area (Å²) in [6.07, 6.45) is 4.61. The lowest BCUT2D eigenvalue weighted by Crippen LogP contribution is -2.42. The van der Waals surface area contributed by atoms with Crippen LogP contribution in [-0.2, 0) is 19.4 Å². The standard InChI is InChI=1S/C20H19N5O4S2/c26-18-6-5-16(23-25(18)15-7-10-31(28,29)12-15)19(27)21-14-3-1-13(2-4-14)17-11-24-8-9-30-20(24)22-17/h1-4,8-9,11,15H,5-7,10,12H2,(H,21,27). The van der Waals surface area contributed by atoms with Crippen molar-refractivity contribution < 1.29 is 18.0 Å². The summed E-state index contributed by atoms with van der Waals surface area (Å²) in [5, 5.41) is 10.2. The topological polar surface area (TPSA) is 113 Å². The Balaban J connectivity index is 1.29. The van der Waals surface area contributed by atoms with Gasteiger partial charge in [-0.1, -0.05) is 12.1 Å².